The van der Waals surface area contributed by atoms with Gasteiger partial charge in [-0.1, -0.05) is 18.2 Å². The molecule has 0 spiro atoms. The SMILES string of the molecule is C[N+](C)(C)[C@@H](Cc1c[nH]c2ccccc12)C(=O)O.O=[N+]([O-])[O-]. The quantitative estimate of drug-likeness (QED) is 0.505. The molecule has 0 aliphatic heterocycles. The predicted molar refractivity (Wildman–Crippen MR) is 81.8 cm³/mol. The van der Waals surface area contributed by atoms with Crippen LogP contribution in [0.3, 0.4) is 0 Å². The zero-order valence-electron chi connectivity index (χ0n) is 12.6. The molecular formula is C14H19N3O5. The van der Waals surface area contributed by atoms with Crippen LogP contribution in [0.4, 0.5) is 0 Å². The second kappa shape index (κ2) is 6.90. The maximum Gasteiger partial charge on any atom is 0.362 e. The fourth-order valence-electron chi connectivity index (χ4n) is 2.20. The topological polar surface area (TPSA) is 119 Å². The molecular weight excluding hydrogens is 290 g/mol. The maximum atomic E-state index is 11.4. The van der Waals surface area contributed by atoms with Gasteiger partial charge in [0.25, 0.3) is 0 Å². The number of benzene rings is 1. The van der Waals surface area contributed by atoms with Crippen LogP contribution in [0.5, 0.6) is 0 Å². The number of aromatic nitrogens is 1. The molecule has 22 heavy (non-hydrogen) atoms. The largest absolute Gasteiger partial charge is 0.477 e. The first-order valence-corrected chi connectivity index (χ1v) is 6.53. The van der Waals surface area contributed by atoms with Crippen LogP contribution in [0.1, 0.15) is 5.56 Å². The minimum atomic E-state index is -1.75. The van der Waals surface area contributed by atoms with Crippen LogP contribution in [-0.2, 0) is 11.2 Å². The van der Waals surface area contributed by atoms with E-state index in [1.807, 2.05) is 51.6 Å². The van der Waals surface area contributed by atoms with Crippen LogP contribution < -0.4 is 0 Å². The number of aromatic amines is 1. The van der Waals surface area contributed by atoms with Gasteiger partial charge in [-0.05, 0) is 11.6 Å². The summed E-state index contributed by atoms with van der Waals surface area (Å²) in [7, 11) is 5.73. The Balaban J connectivity index is 0.000000541. The summed E-state index contributed by atoms with van der Waals surface area (Å²) in [6.07, 6.45) is 2.44. The second-order valence-corrected chi connectivity index (χ2v) is 5.76. The molecule has 0 saturated carbocycles. The van der Waals surface area contributed by atoms with Gasteiger partial charge in [-0.2, -0.15) is 0 Å². The lowest BCUT2D eigenvalue weighted by Crippen LogP contribution is -2.51. The third-order valence-corrected chi connectivity index (χ3v) is 3.31. The van der Waals surface area contributed by atoms with Crippen molar-refractivity contribution in [1.82, 2.24) is 4.98 Å². The Hall–Kier alpha value is -2.61. The van der Waals surface area contributed by atoms with Crippen molar-refractivity contribution < 1.29 is 19.5 Å². The molecule has 0 bridgehead atoms. The summed E-state index contributed by atoms with van der Waals surface area (Å²) in [6.45, 7) is 0. The number of nitrogens with zero attached hydrogens (tertiary/aromatic N) is 2. The minimum absolute atomic E-state index is 0.412. The van der Waals surface area contributed by atoms with Gasteiger partial charge in [-0.3, -0.25) is 0 Å². The van der Waals surface area contributed by atoms with Crippen molar-refractivity contribution >= 4 is 16.9 Å². The van der Waals surface area contributed by atoms with E-state index in [-0.39, 0.29) is 0 Å². The van der Waals surface area contributed by atoms with Crippen LogP contribution in [0.25, 0.3) is 10.9 Å². The highest BCUT2D eigenvalue weighted by atomic mass is 16.9. The van der Waals surface area contributed by atoms with Gasteiger partial charge in [0.15, 0.2) is 6.04 Å². The van der Waals surface area contributed by atoms with Crippen LogP contribution in [0, 0.1) is 15.3 Å². The summed E-state index contributed by atoms with van der Waals surface area (Å²) in [6, 6.07) is 7.53. The second-order valence-electron chi connectivity index (χ2n) is 5.76. The zero-order chi connectivity index (χ0) is 16.9. The third-order valence-electron chi connectivity index (χ3n) is 3.31. The number of H-pyrrole nitrogens is 1. The van der Waals surface area contributed by atoms with Gasteiger partial charge in [0.2, 0.25) is 0 Å². The van der Waals surface area contributed by atoms with Crippen molar-refractivity contribution in [3.63, 3.8) is 0 Å². The summed E-state index contributed by atoms with van der Waals surface area (Å²) in [5, 5.41) is 25.2. The number of carboxylic acids is 1. The highest BCUT2D eigenvalue weighted by Crippen LogP contribution is 2.21. The molecule has 1 heterocycles. The fourth-order valence-corrected chi connectivity index (χ4v) is 2.20. The smallest absolute Gasteiger partial charge is 0.362 e. The first kappa shape index (κ1) is 17.4. The van der Waals surface area contributed by atoms with Crippen molar-refractivity contribution in [2.75, 3.05) is 21.1 Å². The molecule has 0 aliphatic rings. The van der Waals surface area contributed by atoms with Gasteiger partial charge in [0.1, 0.15) is 0 Å². The number of nitrogens with one attached hydrogen (secondary N) is 1. The summed E-state index contributed by atoms with van der Waals surface area (Å²) < 4.78 is 0.412. The summed E-state index contributed by atoms with van der Waals surface area (Å²) >= 11 is 0. The number of para-hydroxylation sites is 1. The van der Waals surface area contributed by atoms with Gasteiger partial charge in [-0.25, -0.2) is 4.79 Å². The first-order chi connectivity index (χ1) is 10.1. The molecule has 8 heteroatoms. The molecule has 8 nitrogen and oxygen atoms in total. The van der Waals surface area contributed by atoms with Gasteiger partial charge in [0.05, 0.1) is 26.2 Å². The molecule has 2 N–H and O–H groups in total. The Kier molecular flexibility index (Phi) is 5.47. The zero-order valence-corrected chi connectivity index (χ0v) is 12.6. The highest BCUT2D eigenvalue weighted by molar-refractivity contribution is 5.84. The number of hydrogen-bond acceptors (Lipinski definition) is 4. The predicted octanol–water partition coefficient (Wildman–Crippen LogP) is 1.63. The lowest BCUT2D eigenvalue weighted by atomic mass is 10.0. The van der Waals surface area contributed by atoms with Gasteiger partial charge < -0.3 is 29.9 Å². The lowest BCUT2D eigenvalue weighted by molar-refractivity contribution is -0.887. The standard InChI is InChI=1S/C14H18N2O2.NO3/c1-16(2,3)13(14(17)18)8-10-9-15-12-7-5-4-6-11(10)12;2-1(3)4/h4-7,9,13,15H,8H2,1-3H3;/q;-1/p+1/t13-;/m0./s1. The number of quaternary nitrogens is 1. The first-order valence-electron chi connectivity index (χ1n) is 6.53. The van der Waals surface area contributed by atoms with Crippen molar-refractivity contribution in [3.05, 3.63) is 51.3 Å². The van der Waals surface area contributed by atoms with E-state index in [1.165, 1.54) is 0 Å². The van der Waals surface area contributed by atoms with Gasteiger partial charge in [0, 0.05) is 23.5 Å². The van der Waals surface area contributed by atoms with Crippen LogP contribution >= 0.6 is 0 Å². The molecule has 0 fully saturated rings. The molecule has 2 aromatic rings. The summed E-state index contributed by atoms with van der Waals surface area (Å²) in [5.41, 5.74) is 2.11. The fraction of sp³-hybridized carbons (Fsp3) is 0.357. The molecule has 0 saturated heterocycles. The Labute approximate surface area is 127 Å². The monoisotopic (exact) mass is 309 g/mol. The molecule has 1 atom stereocenters. The van der Waals surface area contributed by atoms with E-state index < -0.39 is 17.1 Å². The van der Waals surface area contributed by atoms with Gasteiger partial charge in [-0.15, -0.1) is 0 Å². The minimum Gasteiger partial charge on any atom is -0.477 e. The molecule has 1 aromatic heterocycles. The van der Waals surface area contributed by atoms with Gasteiger partial charge >= 0.3 is 5.97 Å². The highest BCUT2D eigenvalue weighted by Gasteiger charge is 2.32. The van der Waals surface area contributed by atoms with Crippen LogP contribution in [0.2, 0.25) is 0 Å². The van der Waals surface area contributed by atoms with Crippen LogP contribution in [-0.4, -0.2) is 52.8 Å². The number of rotatable bonds is 4. The average molecular weight is 309 g/mol. The number of carbonyl (C=O) groups is 1. The number of likely N-dealkylation sites (N-methyl/N-ethyl adjacent to an activating group) is 1. The Morgan fingerprint density at radius 2 is 1.86 bits per heavy atom. The summed E-state index contributed by atoms with van der Waals surface area (Å²) in [5.74, 6) is -0.757. The maximum absolute atomic E-state index is 11.4. The van der Waals surface area contributed by atoms with E-state index in [0.717, 1.165) is 16.5 Å². The molecule has 2 rings (SSSR count). The van der Waals surface area contributed by atoms with Crippen molar-refractivity contribution in [2.24, 2.45) is 0 Å². The van der Waals surface area contributed by atoms with E-state index in [1.54, 1.807) is 0 Å². The van der Waals surface area contributed by atoms with E-state index in [4.69, 9.17) is 15.3 Å². The van der Waals surface area contributed by atoms with Crippen molar-refractivity contribution in [3.8, 4) is 0 Å². The van der Waals surface area contributed by atoms with E-state index in [2.05, 4.69) is 4.98 Å². The lowest BCUT2D eigenvalue weighted by Gasteiger charge is -2.31. The van der Waals surface area contributed by atoms with Crippen LogP contribution in [0.15, 0.2) is 30.5 Å². The average Bonchev–Trinajstić information content (AvgIpc) is 2.76. The third kappa shape index (κ3) is 4.74. The molecule has 120 valence electrons. The molecule has 0 aliphatic carbocycles. The Morgan fingerprint density at radius 1 is 1.32 bits per heavy atom. The van der Waals surface area contributed by atoms with E-state index >= 15 is 0 Å². The summed E-state index contributed by atoms with van der Waals surface area (Å²) in [4.78, 5) is 22.8. The molecule has 0 unspecified atom stereocenters. The normalized spacial score (nSPS) is 12.3. The Bertz CT molecular complexity index is 656. The van der Waals surface area contributed by atoms with Crippen molar-refractivity contribution in [1.29, 1.82) is 0 Å². The van der Waals surface area contributed by atoms with E-state index in [9.17, 15) is 9.90 Å². The van der Waals surface area contributed by atoms with Crippen molar-refractivity contribution in [2.45, 2.75) is 12.5 Å². The molecule has 0 amide bonds. The number of carboxylic acid groups (broad SMARTS) is 1. The number of hydrogen-bond donors (Lipinski definition) is 2. The number of aliphatic carboxylic acids is 1. The Morgan fingerprint density at radius 3 is 2.36 bits per heavy atom. The van der Waals surface area contributed by atoms with E-state index in [0.29, 0.717) is 10.9 Å². The number of fused-ring (bicyclic) bond motifs is 1. The molecule has 1 aromatic carbocycles. The molecule has 0 radical (unpaired) electrons.